The minimum atomic E-state index is -0.352. The third-order valence-corrected chi connectivity index (χ3v) is 5.17. The van der Waals surface area contributed by atoms with Gasteiger partial charge in [-0.2, -0.15) is 0 Å². The number of carbonyl (C=O) groups excluding carboxylic acids is 2. The molecule has 1 heterocycles. The van der Waals surface area contributed by atoms with Gasteiger partial charge in [0, 0.05) is 24.7 Å². The van der Waals surface area contributed by atoms with Crippen molar-refractivity contribution in [1.82, 2.24) is 4.90 Å². The van der Waals surface area contributed by atoms with Crippen molar-refractivity contribution in [3.8, 4) is 0 Å². The molecule has 0 saturated carbocycles. The monoisotopic (exact) mass is 368 g/mol. The fourth-order valence-electron chi connectivity index (χ4n) is 3.49. The molecule has 0 atom stereocenters. The number of halogens is 1. The van der Waals surface area contributed by atoms with E-state index in [4.69, 9.17) is 0 Å². The lowest BCUT2D eigenvalue weighted by Gasteiger charge is -2.31. The molecule has 1 fully saturated rings. The summed E-state index contributed by atoms with van der Waals surface area (Å²) in [6.45, 7) is 3.12. The number of rotatable bonds is 5. The molecule has 0 unspecified atom stereocenters. The van der Waals surface area contributed by atoms with E-state index in [0.29, 0.717) is 31.5 Å². The number of amides is 2. The number of hydrogen-bond acceptors (Lipinski definition) is 2. The van der Waals surface area contributed by atoms with Crippen molar-refractivity contribution in [2.24, 2.45) is 5.92 Å². The van der Waals surface area contributed by atoms with Crippen molar-refractivity contribution < 1.29 is 14.0 Å². The summed E-state index contributed by atoms with van der Waals surface area (Å²) in [6, 6.07) is 14.2. The standard InChI is InChI=1S/C22H25FN2O2/c1-2-16-7-4-6-10-20(16)24-22(27)17-11-13-25(14-12-17)21(26)15-18-8-3-5-9-19(18)23/h3-10,17H,2,11-15H2,1H3,(H,24,27). The molecule has 0 spiro atoms. The summed E-state index contributed by atoms with van der Waals surface area (Å²) >= 11 is 0. The van der Waals surface area contributed by atoms with Crippen LogP contribution in [0.25, 0.3) is 0 Å². The summed E-state index contributed by atoms with van der Waals surface area (Å²) < 4.78 is 13.7. The second-order valence-corrected chi connectivity index (χ2v) is 6.92. The number of anilines is 1. The molecule has 1 aliphatic heterocycles. The first-order valence-corrected chi connectivity index (χ1v) is 9.48. The molecule has 2 amide bonds. The van der Waals surface area contributed by atoms with E-state index in [9.17, 15) is 14.0 Å². The van der Waals surface area contributed by atoms with E-state index < -0.39 is 0 Å². The molecule has 2 aromatic carbocycles. The third kappa shape index (κ3) is 4.73. The molecule has 0 radical (unpaired) electrons. The molecule has 2 aromatic rings. The molecular formula is C22H25FN2O2. The van der Waals surface area contributed by atoms with Crippen LogP contribution in [0.1, 0.15) is 30.9 Å². The van der Waals surface area contributed by atoms with E-state index in [1.54, 1.807) is 23.1 Å². The van der Waals surface area contributed by atoms with Gasteiger partial charge in [0.05, 0.1) is 6.42 Å². The molecule has 5 heteroatoms. The second-order valence-electron chi connectivity index (χ2n) is 6.92. The molecule has 27 heavy (non-hydrogen) atoms. The van der Waals surface area contributed by atoms with Crippen LogP contribution in [-0.2, 0) is 22.4 Å². The van der Waals surface area contributed by atoms with Gasteiger partial charge in [-0.05, 0) is 42.5 Å². The van der Waals surface area contributed by atoms with Gasteiger partial charge in [-0.1, -0.05) is 43.3 Å². The highest BCUT2D eigenvalue weighted by molar-refractivity contribution is 5.93. The minimum absolute atomic E-state index is 0.0112. The number of carbonyl (C=O) groups is 2. The Morgan fingerprint density at radius 2 is 1.67 bits per heavy atom. The topological polar surface area (TPSA) is 49.4 Å². The van der Waals surface area contributed by atoms with E-state index in [1.807, 2.05) is 24.3 Å². The van der Waals surface area contributed by atoms with Crippen LogP contribution in [0.4, 0.5) is 10.1 Å². The quantitative estimate of drug-likeness (QED) is 0.872. The van der Waals surface area contributed by atoms with E-state index in [2.05, 4.69) is 12.2 Å². The molecule has 1 saturated heterocycles. The Kier molecular flexibility index (Phi) is 6.22. The number of nitrogens with zero attached hydrogens (tertiary/aromatic N) is 1. The summed E-state index contributed by atoms with van der Waals surface area (Å²) in [4.78, 5) is 26.7. The number of aryl methyl sites for hydroxylation is 1. The van der Waals surface area contributed by atoms with Gasteiger partial charge in [-0.25, -0.2) is 4.39 Å². The molecule has 0 bridgehead atoms. The predicted octanol–water partition coefficient (Wildman–Crippen LogP) is 3.81. The van der Waals surface area contributed by atoms with Gasteiger partial charge < -0.3 is 10.2 Å². The van der Waals surface area contributed by atoms with Crippen LogP contribution in [0, 0.1) is 11.7 Å². The van der Waals surface area contributed by atoms with Crippen LogP contribution in [0.2, 0.25) is 0 Å². The van der Waals surface area contributed by atoms with Crippen molar-refractivity contribution in [2.45, 2.75) is 32.6 Å². The van der Waals surface area contributed by atoms with Crippen LogP contribution in [0.15, 0.2) is 48.5 Å². The lowest BCUT2D eigenvalue weighted by Crippen LogP contribution is -2.42. The number of hydrogen-bond donors (Lipinski definition) is 1. The van der Waals surface area contributed by atoms with Crippen molar-refractivity contribution >= 4 is 17.5 Å². The highest BCUT2D eigenvalue weighted by Gasteiger charge is 2.27. The van der Waals surface area contributed by atoms with Crippen LogP contribution in [0.5, 0.6) is 0 Å². The minimum Gasteiger partial charge on any atom is -0.342 e. The number of para-hydroxylation sites is 1. The van der Waals surface area contributed by atoms with Gasteiger partial charge in [-0.3, -0.25) is 9.59 Å². The van der Waals surface area contributed by atoms with Crippen molar-refractivity contribution in [2.75, 3.05) is 18.4 Å². The molecule has 1 aliphatic rings. The number of benzene rings is 2. The van der Waals surface area contributed by atoms with Gasteiger partial charge in [0.15, 0.2) is 0 Å². The number of nitrogens with one attached hydrogen (secondary N) is 1. The normalized spacial score (nSPS) is 14.8. The molecule has 1 N–H and O–H groups in total. The van der Waals surface area contributed by atoms with Gasteiger partial charge >= 0.3 is 0 Å². The molecule has 4 nitrogen and oxygen atoms in total. The lowest BCUT2D eigenvalue weighted by molar-refractivity contribution is -0.133. The SMILES string of the molecule is CCc1ccccc1NC(=O)C1CCN(C(=O)Cc2ccccc2F)CC1. The summed E-state index contributed by atoms with van der Waals surface area (Å²) in [6.07, 6.45) is 2.18. The third-order valence-electron chi connectivity index (χ3n) is 5.17. The fraction of sp³-hybridized carbons (Fsp3) is 0.364. The van der Waals surface area contributed by atoms with Gasteiger partial charge in [0.2, 0.25) is 11.8 Å². The molecule has 142 valence electrons. The van der Waals surface area contributed by atoms with Crippen LogP contribution in [0.3, 0.4) is 0 Å². The Bertz CT molecular complexity index is 813. The smallest absolute Gasteiger partial charge is 0.227 e. The largest absolute Gasteiger partial charge is 0.342 e. The van der Waals surface area contributed by atoms with Crippen LogP contribution >= 0.6 is 0 Å². The average molecular weight is 368 g/mol. The number of piperidine rings is 1. The van der Waals surface area contributed by atoms with E-state index in [-0.39, 0.29) is 30.0 Å². The Labute approximate surface area is 159 Å². The highest BCUT2D eigenvalue weighted by atomic mass is 19.1. The van der Waals surface area contributed by atoms with Crippen molar-refractivity contribution in [3.05, 3.63) is 65.5 Å². The van der Waals surface area contributed by atoms with Gasteiger partial charge in [0.25, 0.3) is 0 Å². The zero-order chi connectivity index (χ0) is 19.2. The zero-order valence-corrected chi connectivity index (χ0v) is 15.6. The van der Waals surface area contributed by atoms with Crippen LogP contribution in [-0.4, -0.2) is 29.8 Å². The van der Waals surface area contributed by atoms with Crippen molar-refractivity contribution in [1.29, 1.82) is 0 Å². The summed E-state index contributed by atoms with van der Waals surface area (Å²) in [5.74, 6) is -0.533. The van der Waals surface area contributed by atoms with Gasteiger partial charge in [-0.15, -0.1) is 0 Å². The average Bonchev–Trinajstić information content (AvgIpc) is 2.70. The summed E-state index contributed by atoms with van der Waals surface area (Å²) in [7, 11) is 0. The first-order valence-electron chi connectivity index (χ1n) is 9.48. The van der Waals surface area contributed by atoms with Gasteiger partial charge in [0.1, 0.15) is 5.82 Å². The number of likely N-dealkylation sites (tertiary alicyclic amines) is 1. The van der Waals surface area contributed by atoms with E-state index >= 15 is 0 Å². The van der Waals surface area contributed by atoms with E-state index in [1.165, 1.54) is 6.07 Å². The summed E-state index contributed by atoms with van der Waals surface area (Å²) in [5.41, 5.74) is 2.39. The van der Waals surface area contributed by atoms with Crippen molar-refractivity contribution in [3.63, 3.8) is 0 Å². The predicted molar refractivity (Wildman–Crippen MR) is 104 cm³/mol. The first-order chi connectivity index (χ1) is 13.1. The Balaban J connectivity index is 1.53. The second kappa shape index (κ2) is 8.80. The lowest BCUT2D eigenvalue weighted by atomic mass is 9.95. The first kappa shape index (κ1) is 19.1. The molecule has 0 aromatic heterocycles. The Morgan fingerprint density at radius 1 is 1.04 bits per heavy atom. The fourth-order valence-corrected chi connectivity index (χ4v) is 3.49. The Morgan fingerprint density at radius 3 is 2.33 bits per heavy atom. The highest BCUT2D eigenvalue weighted by Crippen LogP contribution is 2.22. The molecular weight excluding hydrogens is 343 g/mol. The maximum atomic E-state index is 13.7. The zero-order valence-electron chi connectivity index (χ0n) is 15.6. The van der Waals surface area contributed by atoms with E-state index in [0.717, 1.165) is 17.7 Å². The summed E-state index contributed by atoms with van der Waals surface area (Å²) in [5, 5.41) is 3.03. The molecule has 0 aliphatic carbocycles. The van der Waals surface area contributed by atoms with Crippen LogP contribution < -0.4 is 5.32 Å². The maximum Gasteiger partial charge on any atom is 0.227 e. The molecule has 3 rings (SSSR count). The maximum absolute atomic E-state index is 13.7. The Hall–Kier alpha value is -2.69.